The van der Waals surface area contributed by atoms with Gasteiger partial charge in [-0.05, 0) is 30.2 Å². The van der Waals surface area contributed by atoms with Crippen LogP contribution in [0.2, 0.25) is 0 Å². The molecule has 2 rings (SSSR count). The molecule has 0 radical (unpaired) electrons. The highest BCUT2D eigenvalue weighted by Crippen LogP contribution is 2.20. The number of amides is 1. The summed E-state index contributed by atoms with van der Waals surface area (Å²) in [6.07, 6.45) is -0.419. The summed E-state index contributed by atoms with van der Waals surface area (Å²) in [5.41, 5.74) is 2.31. The van der Waals surface area contributed by atoms with Gasteiger partial charge in [0.15, 0.2) is 5.75 Å². The van der Waals surface area contributed by atoms with Gasteiger partial charge < -0.3 is 9.57 Å². The molecule has 0 aliphatic carbocycles. The Morgan fingerprint density at radius 3 is 2.94 bits per heavy atom. The van der Waals surface area contributed by atoms with E-state index >= 15 is 0 Å². The van der Waals surface area contributed by atoms with E-state index in [1.165, 1.54) is 10.6 Å². The molecule has 0 N–H and O–H groups in total. The van der Waals surface area contributed by atoms with Crippen molar-refractivity contribution in [3.05, 3.63) is 29.3 Å². The fraction of sp³-hybridized carbons (Fsp3) is 0.364. The van der Waals surface area contributed by atoms with Gasteiger partial charge in [-0.25, -0.2) is 4.79 Å². The molecule has 1 amide bonds. The van der Waals surface area contributed by atoms with Crippen molar-refractivity contribution in [2.45, 2.75) is 11.4 Å². The van der Waals surface area contributed by atoms with Crippen LogP contribution in [0.25, 0.3) is 0 Å². The lowest BCUT2D eigenvalue weighted by atomic mass is 10.1. The van der Waals surface area contributed by atoms with Gasteiger partial charge in [-0.1, -0.05) is 28.7 Å². The number of halogens is 1. The van der Waals surface area contributed by atoms with E-state index in [1.54, 1.807) is 0 Å². The number of ether oxygens (including phenoxy) is 1. The van der Waals surface area contributed by atoms with Crippen LogP contribution in [0.5, 0.6) is 5.75 Å². The number of hydroxylamine groups is 2. The molecule has 1 fully saturated rings. The molecule has 1 heterocycles. The van der Waals surface area contributed by atoms with Crippen LogP contribution >= 0.6 is 22.6 Å². The molecule has 1 aromatic carbocycles. The van der Waals surface area contributed by atoms with Crippen molar-refractivity contribution in [2.75, 3.05) is 13.2 Å². The molecule has 86 valence electrons. The van der Waals surface area contributed by atoms with Crippen LogP contribution in [0.1, 0.15) is 11.1 Å². The summed E-state index contributed by atoms with van der Waals surface area (Å²) in [4.78, 5) is 16.7. The lowest BCUT2D eigenvalue weighted by Gasteiger charge is -2.14. The average Bonchev–Trinajstić information content (AvgIpc) is 2.63. The van der Waals surface area contributed by atoms with E-state index in [1.807, 2.05) is 19.1 Å². The first-order valence-corrected chi connectivity index (χ1v) is 6.50. The van der Waals surface area contributed by atoms with E-state index in [0.717, 1.165) is 9.99 Å². The molecule has 0 spiro atoms. The molecule has 0 saturated carbocycles. The molecule has 0 atom stereocenters. The SMILES string of the molecule is Cc1cc(CI)cc(ON2CCOC2=O)c1. The fourth-order valence-corrected chi connectivity index (χ4v) is 1.98. The van der Waals surface area contributed by atoms with Crippen LogP contribution in [-0.4, -0.2) is 24.3 Å². The van der Waals surface area contributed by atoms with Crippen molar-refractivity contribution in [3.8, 4) is 5.75 Å². The summed E-state index contributed by atoms with van der Waals surface area (Å²) in [5.74, 6) is 0.686. The third kappa shape index (κ3) is 2.58. The number of cyclic esters (lactones) is 1. The van der Waals surface area contributed by atoms with Gasteiger partial charge in [0.05, 0.1) is 6.54 Å². The first kappa shape index (κ1) is 11.5. The van der Waals surface area contributed by atoms with Crippen molar-refractivity contribution >= 4 is 28.7 Å². The second kappa shape index (κ2) is 4.90. The Morgan fingerprint density at radius 2 is 2.31 bits per heavy atom. The predicted octanol–water partition coefficient (Wildman–Crippen LogP) is 2.68. The molecule has 0 bridgehead atoms. The van der Waals surface area contributed by atoms with Crippen molar-refractivity contribution in [1.29, 1.82) is 0 Å². The number of carbonyl (C=O) groups is 1. The van der Waals surface area contributed by atoms with E-state index in [-0.39, 0.29) is 0 Å². The Hall–Kier alpha value is -0.980. The van der Waals surface area contributed by atoms with Gasteiger partial charge >= 0.3 is 6.09 Å². The zero-order chi connectivity index (χ0) is 11.5. The third-order valence-electron chi connectivity index (χ3n) is 2.20. The molecular formula is C11H12INO3. The van der Waals surface area contributed by atoms with E-state index < -0.39 is 6.09 Å². The normalized spacial score (nSPS) is 15.1. The maximum absolute atomic E-state index is 11.2. The largest absolute Gasteiger partial charge is 0.445 e. The minimum atomic E-state index is -0.419. The number of hydrogen-bond acceptors (Lipinski definition) is 3. The minimum Gasteiger partial charge on any atom is -0.445 e. The lowest BCUT2D eigenvalue weighted by molar-refractivity contribution is -0.00127. The van der Waals surface area contributed by atoms with Crippen molar-refractivity contribution in [2.24, 2.45) is 0 Å². The third-order valence-corrected chi connectivity index (χ3v) is 3.08. The molecule has 1 aromatic rings. The molecule has 4 nitrogen and oxygen atoms in total. The van der Waals surface area contributed by atoms with Crippen LogP contribution in [0.4, 0.5) is 4.79 Å². The zero-order valence-electron chi connectivity index (χ0n) is 8.90. The van der Waals surface area contributed by atoms with Gasteiger partial charge in [-0.2, -0.15) is 0 Å². The Labute approximate surface area is 108 Å². The van der Waals surface area contributed by atoms with Crippen LogP contribution in [0.15, 0.2) is 18.2 Å². The number of alkyl halides is 1. The summed E-state index contributed by atoms with van der Waals surface area (Å²) in [6, 6.07) is 5.94. The van der Waals surface area contributed by atoms with Gasteiger partial charge in [0.25, 0.3) is 0 Å². The second-order valence-electron chi connectivity index (χ2n) is 3.60. The van der Waals surface area contributed by atoms with Gasteiger partial charge in [0, 0.05) is 4.43 Å². The highest BCUT2D eigenvalue weighted by molar-refractivity contribution is 14.1. The lowest BCUT2D eigenvalue weighted by Crippen LogP contribution is -2.28. The van der Waals surface area contributed by atoms with Gasteiger partial charge in [0.2, 0.25) is 0 Å². The van der Waals surface area contributed by atoms with Crippen molar-refractivity contribution in [3.63, 3.8) is 0 Å². The first-order chi connectivity index (χ1) is 7.69. The maximum atomic E-state index is 11.2. The maximum Gasteiger partial charge on any atom is 0.443 e. The summed E-state index contributed by atoms with van der Waals surface area (Å²) >= 11 is 2.29. The van der Waals surface area contributed by atoms with Crippen LogP contribution < -0.4 is 4.84 Å². The Morgan fingerprint density at radius 1 is 1.50 bits per heavy atom. The number of aryl methyl sites for hydroxylation is 1. The van der Waals surface area contributed by atoms with Crippen molar-refractivity contribution < 1.29 is 14.4 Å². The molecule has 1 saturated heterocycles. The topological polar surface area (TPSA) is 38.8 Å². The monoisotopic (exact) mass is 333 g/mol. The highest BCUT2D eigenvalue weighted by atomic mass is 127. The first-order valence-electron chi connectivity index (χ1n) is 4.98. The number of nitrogens with zero attached hydrogens (tertiary/aromatic N) is 1. The van der Waals surface area contributed by atoms with Crippen LogP contribution in [-0.2, 0) is 9.16 Å². The van der Waals surface area contributed by atoms with E-state index in [4.69, 9.17) is 9.57 Å². The number of rotatable bonds is 3. The van der Waals surface area contributed by atoms with E-state index in [0.29, 0.717) is 18.9 Å². The molecule has 0 unspecified atom stereocenters. The summed E-state index contributed by atoms with van der Waals surface area (Å²) in [5, 5.41) is 1.24. The van der Waals surface area contributed by atoms with Gasteiger partial charge in [0.1, 0.15) is 6.61 Å². The van der Waals surface area contributed by atoms with Gasteiger partial charge in [-0.15, -0.1) is 5.06 Å². The second-order valence-corrected chi connectivity index (χ2v) is 4.36. The summed E-state index contributed by atoms with van der Waals surface area (Å²) < 4.78 is 5.70. The minimum absolute atomic E-state index is 0.393. The van der Waals surface area contributed by atoms with Gasteiger partial charge in [-0.3, -0.25) is 0 Å². The molecule has 1 aliphatic heterocycles. The highest BCUT2D eigenvalue weighted by Gasteiger charge is 2.24. The molecule has 0 aromatic heterocycles. The molecule has 1 aliphatic rings. The number of benzene rings is 1. The summed E-state index contributed by atoms with van der Waals surface area (Å²) in [7, 11) is 0. The molecule has 16 heavy (non-hydrogen) atoms. The standard InChI is InChI=1S/C11H12INO3/c1-8-4-9(7-12)6-10(5-8)16-13-2-3-15-11(13)14/h4-6H,2-3,7H2,1H3. The zero-order valence-corrected chi connectivity index (χ0v) is 11.1. The number of carbonyl (C=O) groups excluding carboxylic acids is 1. The molecule has 5 heteroatoms. The number of hydrogen-bond donors (Lipinski definition) is 0. The fourth-order valence-electron chi connectivity index (χ4n) is 1.54. The van der Waals surface area contributed by atoms with Crippen molar-refractivity contribution in [1.82, 2.24) is 5.06 Å². The Balaban J connectivity index is 2.14. The van der Waals surface area contributed by atoms with E-state index in [2.05, 4.69) is 28.7 Å². The Bertz CT molecular complexity index is 408. The smallest absolute Gasteiger partial charge is 0.443 e. The van der Waals surface area contributed by atoms with Crippen LogP contribution in [0.3, 0.4) is 0 Å². The Kier molecular flexibility index (Phi) is 3.52. The molecular weight excluding hydrogens is 321 g/mol. The van der Waals surface area contributed by atoms with Crippen LogP contribution in [0, 0.1) is 6.92 Å². The predicted molar refractivity (Wildman–Crippen MR) is 67.6 cm³/mol. The summed E-state index contributed by atoms with van der Waals surface area (Å²) in [6.45, 7) is 2.88. The van der Waals surface area contributed by atoms with E-state index in [9.17, 15) is 4.79 Å². The average molecular weight is 333 g/mol. The quantitative estimate of drug-likeness (QED) is 0.631.